The van der Waals surface area contributed by atoms with Gasteiger partial charge in [-0.3, -0.25) is 4.79 Å². The van der Waals surface area contributed by atoms with Crippen LogP contribution in [0.25, 0.3) is 0 Å². The van der Waals surface area contributed by atoms with Crippen LogP contribution in [0.2, 0.25) is 0 Å². The Morgan fingerprint density at radius 1 is 1.24 bits per heavy atom. The van der Waals surface area contributed by atoms with Gasteiger partial charge in [0.1, 0.15) is 10.5 Å². The monoisotopic (exact) mass is 251 g/mol. The van der Waals surface area contributed by atoms with Gasteiger partial charge in [0.15, 0.2) is 0 Å². The molecule has 1 heterocycles. The van der Waals surface area contributed by atoms with Crippen LogP contribution in [0.1, 0.15) is 49.5 Å². The van der Waals surface area contributed by atoms with Gasteiger partial charge in [-0.1, -0.05) is 0 Å². The van der Waals surface area contributed by atoms with Crippen molar-refractivity contribution >= 4 is 17.2 Å². The number of rotatable bonds is 3. The minimum atomic E-state index is 0.282. The van der Waals surface area contributed by atoms with E-state index in [2.05, 4.69) is 15.5 Å². The Morgan fingerprint density at radius 2 is 2.00 bits per heavy atom. The third kappa shape index (κ3) is 2.65. The molecule has 2 aliphatic rings. The van der Waals surface area contributed by atoms with Crippen molar-refractivity contribution < 1.29 is 4.79 Å². The Morgan fingerprint density at radius 3 is 2.59 bits per heavy atom. The predicted octanol–water partition coefficient (Wildman–Crippen LogP) is 2.09. The minimum absolute atomic E-state index is 0.282. The Hall–Kier alpha value is -0.970. The Labute approximate surface area is 105 Å². The first-order chi connectivity index (χ1) is 8.33. The highest BCUT2D eigenvalue weighted by Crippen LogP contribution is 2.34. The molecule has 2 saturated carbocycles. The Balaban J connectivity index is 1.48. The molecule has 2 fully saturated rings. The van der Waals surface area contributed by atoms with Gasteiger partial charge in [-0.2, -0.15) is 0 Å². The second-order valence-electron chi connectivity index (χ2n) is 5.11. The predicted molar refractivity (Wildman–Crippen MR) is 65.8 cm³/mol. The molecule has 5 heteroatoms. The number of hydrogen-bond donors (Lipinski definition) is 1. The van der Waals surface area contributed by atoms with Crippen molar-refractivity contribution in [2.24, 2.45) is 5.92 Å². The molecule has 3 rings (SSSR count). The number of carbonyl (C=O) groups is 1. The van der Waals surface area contributed by atoms with Crippen molar-refractivity contribution in [1.82, 2.24) is 15.5 Å². The second kappa shape index (κ2) is 4.72. The number of amides is 1. The lowest BCUT2D eigenvalue weighted by Gasteiger charge is -2.27. The number of nitrogens with zero attached hydrogens (tertiary/aromatic N) is 2. The molecule has 4 nitrogen and oxygen atoms in total. The summed E-state index contributed by atoms with van der Waals surface area (Å²) in [5, 5.41) is 12.4. The van der Waals surface area contributed by atoms with Gasteiger partial charge in [0.2, 0.25) is 5.91 Å². The molecule has 92 valence electrons. The maximum Gasteiger partial charge on any atom is 0.223 e. The van der Waals surface area contributed by atoms with Crippen LogP contribution in [0.5, 0.6) is 0 Å². The Kier molecular flexibility index (Phi) is 3.09. The molecule has 1 N–H and O–H groups in total. The zero-order valence-electron chi connectivity index (χ0n) is 9.76. The van der Waals surface area contributed by atoms with E-state index in [0.717, 1.165) is 43.5 Å². The first-order valence-corrected chi connectivity index (χ1v) is 7.27. The van der Waals surface area contributed by atoms with Gasteiger partial charge < -0.3 is 5.32 Å². The van der Waals surface area contributed by atoms with Crippen molar-refractivity contribution in [2.45, 2.75) is 50.5 Å². The summed E-state index contributed by atoms with van der Waals surface area (Å²) in [5.74, 6) is 1.18. The molecule has 0 bridgehead atoms. The van der Waals surface area contributed by atoms with E-state index >= 15 is 0 Å². The quantitative estimate of drug-likeness (QED) is 0.895. The van der Waals surface area contributed by atoms with Crippen LogP contribution in [0.4, 0.5) is 0 Å². The molecule has 0 unspecified atom stereocenters. The molecular formula is C12H17N3OS. The van der Waals surface area contributed by atoms with E-state index in [1.165, 1.54) is 0 Å². The summed E-state index contributed by atoms with van der Waals surface area (Å²) in [6, 6.07) is 0.396. The average Bonchev–Trinajstić information content (AvgIpc) is 3.07. The van der Waals surface area contributed by atoms with Gasteiger partial charge in [-0.15, -0.1) is 21.5 Å². The molecule has 0 atom stereocenters. The van der Waals surface area contributed by atoms with Gasteiger partial charge in [-0.25, -0.2) is 0 Å². The third-order valence-electron chi connectivity index (χ3n) is 3.75. The Bertz CT molecular complexity index is 380. The standard InChI is InChI=1S/C12H17N3OS/c16-11(8-1-2-8)14-10-5-3-9(4-6-10)12-15-13-7-17-12/h7-10H,1-6H2,(H,14,16). The van der Waals surface area contributed by atoms with Crippen LogP contribution in [0, 0.1) is 5.92 Å². The summed E-state index contributed by atoms with van der Waals surface area (Å²) in [6.07, 6.45) is 6.61. The summed E-state index contributed by atoms with van der Waals surface area (Å²) in [5.41, 5.74) is 1.80. The fourth-order valence-corrected chi connectivity index (χ4v) is 3.23. The van der Waals surface area contributed by atoms with E-state index in [1.54, 1.807) is 16.8 Å². The molecule has 1 amide bonds. The summed E-state index contributed by atoms with van der Waals surface area (Å²) in [6.45, 7) is 0. The number of aromatic nitrogens is 2. The van der Waals surface area contributed by atoms with E-state index < -0.39 is 0 Å². The van der Waals surface area contributed by atoms with Crippen molar-refractivity contribution in [1.29, 1.82) is 0 Å². The summed E-state index contributed by atoms with van der Waals surface area (Å²) in [7, 11) is 0. The average molecular weight is 251 g/mol. The largest absolute Gasteiger partial charge is 0.353 e. The van der Waals surface area contributed by atoms with Gasteiger partial charge >= 0.3 is 0 Å². The lowest BCUT2D eigenvalue weighted by atomic mass is 9.86. The molecule has 0 spiro atoms. The van der Waals surface area contributed by atoms with E-state index in [4.69, 9.17) is 0 Å². The molecule has 1 aromatic heterocycles. The first kappa shape index (κ1) is 11.1. The van der Waals surface area contributed by atoms with Crippen LogP contribution in [-0.2, 0) is 4.79 Å². The summed E-state index contributed by atoms with van der Waals surface area (Å²) < 4.78 is 0. The van der Waals surface area contributed by atoms with E-state index in [1.807, 2.05) is 0 Å². The maximum atomic E-state index is 11.7. The molecule has 1 aromatic rings. The first-order valence-electron chi connectivity index (χ1n) is 6.39. The van der Waals surface area contributed by atoms with E-state index in [0.29, 0.717) is 17.9 Å². The lowest BCUT2D eigenvalue weighted by Crippen LogP contribution is -2.38. The van der Waals surface area contributed by atoms with Crippen LogP contribution in [0.3, 0.4) is 0 Å². The smallest absolute Gasteiger partial charge is 0.223 e. The molecule has 2 aliphatic carbocycles. The zero-order valence-corrected chi connectivity index (χ0v) is 10.6. The zero-order chi connectivity index (χ0) is 11.7. The van der Waals surface area contributed by atoms with Crippen molar-refractivity contribution in [3.63, 3.8) is 0 Å². The fourth-order valence-electron chi connectivity index (χ4n) is 2.51. The minimum Gasteiger partial charge on any atom is -0.353 e. The fraction of sp³-hybridized carbons (Fsp3) is 0.750. The molecule has 0 aromatic carbocycles. The SMILES string of the molecule is O=C(NC1CCC(c2nncs2)CC1)C1CC1. The van der Waals surface area contributed by atoms with Gasteiger partial charge in [-0.05, 0) is 38.5 Å². The molecule has 0 saturated heterocycles. The van der Waals surface area contributed by atoms with Gasteiger partial charge in [0.05, 0.1) is 0 Å². The van der Waals surface area contributed by atoms with Gasteiger partial charge in [0, 0.05) is 17.9 Å². The lowest BCUT2D eigenvalue weighted by molar-refractivity contribution is -0.123. The molecule has 17 heavy (non-hydrogen) atoms. The van der Waals surface area contributed by atoms with E-state index in [-0.39, 0.29) is 5.91 Å². The van der Waals surface area contributed by atoms with Crippen LogP contribution < -0.4 is 5.32 Å². The highest BCUT2D eigenvalue weighted by molar-refractivity contribution is 7.09. The highest BCUT2D eigenvalue weighted by atomic mass is 32.1. The molecule has 0 radical (unpaired) electrons. The van der Waals surface area contributed by atoms with Crippen LogP contribution in [-0.4, -0.2) is 22.1 Å². The van der Waals surface area contributed by atoms with Crippen LogP contribution in [0.15, 0.2) is 5.51 Å². The van der Waals surface area contributed by atoms with Crippen molar-refractivity contribution in [3.05, 3.63) is 10.5 Å². The third-order valence-corrected chi connectivity index (χ3v) is 4.60. The van der Waals surface area contributed by atoms with Crippen molar-refractivity contribution in [3.8, 4) is 0 Å². The number of carbonyl (C=O) groups excluding carboxylic acids is 1. The number of nitrogens with one attached hydrogen (secondary N) is 1. The second-order valence-corrected chi connectivity index (χ2v) is 5.97. The van der Waals surface area contributed by atoms with Gasteiger partial charge in [0.25, 0.3) is 0 Å². The maximum absolute atomic E-state index is 11.7. The van der Waals surface area contributed by atoms with Crippen molar-refractivity contribution in [2.75, 3.05) is 0 Å². The summed E-state index contributed by atoms with van der Waals surface area (Å²) >= 11 is 1.65. The molecular weight excluding hydrogens is 234 g/mol. The highest BCUT2D eigenvalue weighted by Gasteiger charge is 2.32. The van der Waals surface area contributed by atoms with E-state index in [9.17, 15) is 4.79 Å². The van der Waals surface area contributed by atoms with Crippen LogP contribution >= 0.6 is 11.3 Å². The molecule has 0 aliphatic heterocycles. The normalized spacial score (nSPS) is 28.9. The number of hydrogen-bond acceptors (Lipinski definition) is 4. The topological polar surface area (TPSA) is 54.9 Å². The summed E-state index contributed by atoms with van der Waals surface area (Å²) in [4.78, 5) is 11.7.